The summed E-state index contributed by atoms with van der Waals surface area (Å²) in [4.78, 5) is 17.9. The van der Waals surface area contributed by atoms with Crippen LogP contribution in [0.1, 0.15) is 54.4 Å². The standard InChI is InChI=1S/C25H27N3O3S/c1-25(2,3)22-13-12-21(23(27-22)18-11-10-16-6-4-7-17(16)14-18)24(29)28-32(30,31)20-9-5-8-19(26)15-20/h5,8-15H,4,6-7,26H2,1-3H3,(H,28,29). The summed E-state index contributed by atoms with van der Waals surface area (Å²) in [6, 6.07) is 15.4. The molecule has 3 aromatic rings. The van der Waals surface area contributed by atoms with Crippen LogP contribution in [0.3, 0.4) is 0 Å². The van der Waals surface area contributed by atoms with Gasteiger partial charge in [0, 0.05) is 22.4 Å². The smallest absolute Gasteiger partial charge is 0.267 e. The molecule has 3 N–H and O–H groups in total. The maximum atomic E-state index is 13.1. The Morgan fingerprint density at radius 2 is 1.75 bits per heavy atom. The molecule has 6 nitrogen and oxygen atoms in total. The van der Waals surface area contributed by atoms with E-state index in [1.165, 1.54) is 29.3 Å². The van der Waals surface area contributed by atoms with Crippen molar-refractivity contribution in [3.63, 3.8) is 0 Å². The molecule has 0 radical (unpaired) electrons. The minimum absolute atomic E-state index is 0.0656. The lowest BCUT2D eigenvalue weighted by atomic mass is 9.90. The summed E-state index contributed by atoms with van der Waals surface area (Å²) in [6.07, 6.45) is 3.16. The van der Waals surface area contributed by atoms with Crippen LogP contribution in [-0.4, -0.2) is 19.3 Å². The Morgan fingerprint density at radius 3 is 2.47 bits per heavy atom. The number of nitrogens with one attached hydrogen (secondary N) is 1. The third-order valence-corrected chi connectivity index (χ3v) is 7.00. The molecule has 0 fully saturated rings. The van der Waals surface area contributed by atoms with Gasteiger partial charge in [0.05, 0.1) is 16.2 Å². The predicted molar refractivity (Wildman–Crippen MR) is 126 cm³/mol. The molecule has 0 saturated carbocycles. The minimum atomic E-state index is -4.08. The summed E-state index contributed by atoms with van der Waals surface area (Å²) in [5.74, 6) is -0.726. The van der Waals surface area contributed by atoms with E-state index in [2.05, 4.69) is 16.9 Å². The monoisotopic (exact) mass is 449 g/mol. The number of nitrogens with zero attached hydrogens (tertiary/aromatic N) is 1. The summed E-state index contributed by atoms with van der Waals surface area (Å²) in [7, 11) is -4.08. The van der Waals surface area contributed by atoms with Gasteiger partial charge in [0.1, 0.15) is 0 Å². The number of benzene rings is 2. The molecule has 0 bridgehead atoms. The molecule has 32 heavy (non-hydrogen) atoms. The maximum Gasteiger partial charge on any atom is 0.267 e. The number of hydrogen-bond acceptors (Lipinski definition) is 5. The van der Waals surface area contributed by atoms with Crippen molar-refractivity contribution in [3.05, 3.63) is 77.0 Å². The molecule has 0 saturated heterocycles. The molecular weight excluding hydrogens is 422 g/mol. The van der Waals surface area contributed by atoms with Crippen LogP contribution in [-0.2, 0) is 28.3 Å². The van der Waals surface area contributed by atoms with Gasteiger partial charge in [-0.25, -0.2) is 13.1 Å². The number of hydrogen-bond donors (Lipinski definition) is 2. The zero-order valence-corrected chi connectivity index (χ0v) is 19.3. The molecule has 1 aliphatic rings. The van der Waals surface area contributed by atoms with Gasteiger partial charge in [-0.3, -0.25) is 9.78 Å². The van der Waals surface area contributed by atoms with Gasteiger partial charge >= 0.3 is 0 Å². The third kappa shape index (κ3) is 4.39. The number of sulfonamides is 1. The molecule has 1 aliphatic carbocycles. The first-order valence-corrected chi connectivity index (χ1v) is 12.1. The Bertz CT molecular complexity index is 1310. The molecule has 1 aromatic heterocycles. The van der Waals surface area contributed by atoms with E-state index in [9.17, 15) is 13.2 Å². The number of anilines is 1. The highest BCUT2D eigenvalue weighted by Gasteiger charge is 2.25. The van der Waals surface area contributed by atoms with E-state index in [0.717, 1.165) is 30.5 Å². The number of aromatic nitrogens is 1. The highest BCUT2D eigenvalue weighted by Crippen LogP contribution is 2.31. The fourth-order valence-electron chi connectivity index (χ4n) is 3.92. The van der Waals surface area contributed by atoms with Gasteiger partial charge in [-0.15, -0.1) is 0 Å². The van der Waals surface area contributed by atoms with Gasteiger partial charge in [-0.1, -0.05) is 39.0 Å². The van der Waals surface area contributed by atoms with Gasteiger partial charge in [-0.2, -0.15) is 0 Å². The summed E-state index contributed by atoms with van der Waals surface area (Å²) < 4.78 is 27.7. The average Bonchev–Trinajstić information content (AvgIpc) is 3.20. The Hall–Kier alpha value is -3.19. The fourth-order valence-corrected chi connectivity index (χ4v) is 4.94. The van der Waals surface area contributed by atoms with Crippen molar-refractivity contribution >= 4 is 21.6 Å². The number of amides is 1. The summed E-state index contributed by atoms with van der Waals surface area (Å²) in [5, 5.41) is 0. The lowest BCUT2D eigenvalue weighted by Gasteiger charge is -2.20. The average molecular weight is 450 g/mol. The molecule has 0 spiro atoms. The molecular formula is C25H27N3O3S. The van der Waals surface area contributed by atoms with Crippen molar-refractivity contribution in [2.24, 2.45) is 0 Å². The third-order valence-electron chi connectivity index (χ3n) is 5.68. The molecule has 1 amide bonds. The minimum Gasteiger partial charge on any atom is -0.399 e. The molecule has 166 valence electrons. The fraction of sp³-hybridized carbons (Fsp3) is 0.280. The van der Waals surface area contributed by atoms with Gasteiger partial charge in [0.2, 0.25) is 0 Å². The zero-order chi connectivity index (χ0) is 23.1. The van der Waals surface area contributed by atoms with Crippen molar-refractivity contribution in [1.29, 1.82) is 0 Å². The lowest BCUT2D eigenvalue weighted by molar-refractivity contribution is 0.0981. The number of pyridine rings is 1. The second-order valence-electron chi connectivity index (χ2n) is 9.19. The van der Waals surface area contributed by atoms with Crippen molar-refractivity contribution in [1.82, 2.24) is 9.71 Å². The van der Waals surface area contributed by atoms with E-state index in [1.54, 1.807) is 18.2 Å². The molecule has 0 aliphatic heterocycles. The molecule has 0 unspecified atom stereocenters. The van der Waals surface area contributed by atoms with E-state index in [4.69, 9.17) is 10.7 Å². The molecule has 2 aromatic carbocycles. The normalized spacial score (nSPS) is 13.6. The van der Waals surface area contributed by atoms with Crippen LogP contribution in [0.4, 0.5) is 5.69 Å². The Morgan fingerprint density at radius 1 is 1.00 bits per heavy atom. The predicted octanol–water partition coefficient (Wildman–Crippen LogP) is 4.24. The van der Waals surface area contributed by atoms with Crippen LogP contribution in [0.5, 0.6) is 0 Å². The second-order valence-corrected chi connectivity index (χ2v) is 10.9. The van der Waals surface area contributed by atoms with Gasteiger partial charge in [-0.05, 0) is 66.8 Å². The summed E-state index contributed by atoms with van der Waals surface area (Å²) in [6.45, 7) is 6.14. The van der Waals surface area contributed by atoms with Gasteiger partial charge in [0.25, 0.3) is 15.9 Å². The van der Waals surface area contributed by atoms with Crippen molar-refractivity contribution in [2.45, 2.75) is 50.3 Å². The van der Waals surface area contributed by atoms with Crippen LogP contribution in [0.2, 0.25) is 0 Å². The first-order chi connectivity index (χ1) is 15.0. The van der Waals surface area contributed by atoms with Crippen molar-refractivity contribution in [3.8, 4) is 11.3 Å². The highest BCUT2D eigenvalue weighted by atomic mass is 32.2. The van der Waals surface area contributed by atoms with Crippen LogP contribution in [0, 0.1) is 0 Å². The number of nitrogen functional groups attached to an aromatic ring is 1. The molecule has 7 heteroatoms. The molecule has 1 heterocycles. The second kappa shape index (κ2) is 8.06. The van der Waals surface area contributed by atoms with E-state index in [0.29, 0.717) is 11.4 Å². The quantitative estimate of drug-likeness (QED) is 0.580. The van der Waals surface area contributed by atoms with E-state index >= 15 is 0 Å². The van der Waals surface area contributed by atoms with Crippen LogP contribution in [0.25, 0.3) is 11.3 Å². The number of fused-ring (bicyclic) bond motifs is 1. The van der Waals surface area contributed by atoms with Crippen molar-refractivity contribution < 1.29 is 13.2 Å². The number of aryl methyl sites for hydroxylation is 2. The Kier molecular flexibility index (Phi) is 5.54. The lowest BCUT2D eigenvalue weighted by Crippen LogP contribution is -2.31. The topological polar surface area (TPSA) is 102 Å². The number of rotatable bonds is 4. The summed E-state index contributed by atoms with van der Waals surface area (Å²) in [5.41, 5.74) is 10.7. The van der Waals surface area contributed by atoms with Gasteiger partial charge < -0.3 is 5.73 Å². The zero-order valence-electron chi connectivity index (χ0n) is 18.5. The number of carbonyl (C=O) groups is 1. The summed E-state index contributed by atoms with van der Waals surface area (Å²) >= 11 is 0. The first-order valence-electron chi connectivity index (χ1n) is 10.6. The van der Waals surface area contributed by atoms with Crippen LogP contribution >= 0.6 is 0 Å². The van der Waals surface area contributed by atoms with Crippen molar-refractivity contribution in [2.75, 3.05) is 5.73 Å². The van der Waals surface area contributed by atoms with Gasteiger partial charge in [0.15, 0.2) is 0 Å². The maximum absolute atomic E-state index is 13.1. The largest absolute Gasteiger partial charge is 0.399 e. The highest BCUT2D eigenvalue weighted by molar-refractivity contribution is 7.90. The molecule has 0 atom stereocenters. The number of nitrogens with two attached hydrogens (primary N) is 1. The Balaban J connectivity index is 1.77. The van der Waals surface area contributed by atoms with Crippen LogP contribution in [0.15, 0.2) is 59.5 Å². The van der Waals surface area contributed by atoms with E-state index in [-0.39, 0.29) is 15.9 Å². The van der Waals surface area contributed by atoms with E-state index < -0.39 is 15.9 Å². The SMILES string of the molecule is CC(C)(C)c1ccc(C(=O)NS(=O)(=O)c2cccc(N)c2)c(-c2ccc3c(c2)CCC3)n1. The molecule has 4 rings (SSSR count). The number of carbonyl (C=O) groups excluding carboxylic acids is 1. The first kappa shape index (κ1) is 22.0. The van der Waals surface area contributed by atoms with Crippen LogP contribution < -0.4 is 10.5 Å². The van der Waals surface area contributed by atoms with E-state index in [1.807, 2.05) is 26.8 Å². The Labute approximate surface area is 188 Å².